The van der Waals surface area contributed by atoms with Crippen molar-refractivity contribution < 1.29 is 22.8 Å². The second-order valence-electron chi connectivity index (χ2n) is 20.4. The lowest BCUT2D eigenvalue weighted by molar-refractivity contribution is -0.137. The van der Waals surface area contributed by atoms with E-state index in [0.717, 1.165) is 81.5 Å². The maximum absolute atomic E-state index is 12.7. The van der Waals surface area contributed by atoms with Crippen LogP contribution in [0.1, 0.15) is 56.3 Å². The molecule has 0 unspecified atom stereocenters. The van der Waals surface area contributed by atoms with Crippen molar-refractivity contribution in [2.45, 2.75) is 40.3 Å². The van der Waals surface area contributed by atoms with Crippen LogP contribution in [0.25, 0.3) is 50.8 Å². The van der Waals surface area contributed by atoms with Crippen molar-refractivity contribution in [3.63, 3.8) is 0 Å². The van der Waals surface area contributed by atoms with Crippen molar-refractivity contribution in [3.8, 4) is 50.8 Å². The van der Waals surface area contributed by atoms with Crippen molar-refractivity contribution in [1.82, 2.24) is 34.7 Å². The Morgan fingerprint density at radius 3 is 1.18 bits per heavy atom. The maximum atomic E-state index is 12.7. The van der Waals surface area contributed by atoms with Crippen LogP contribution in [0.2, 0.25) is 0 Å². The van der Waals surface area contributed by atoms with Crippen molar-refractivity contribution in [1.29, 1.82) is 0 Å². The molecule has 0 amide bonds. The van der Waals surface area contributed by atoms with Gasteiger partial charge in [0, 0.05) is 83.2 Å². The summed E-state index contributed by atoms with van der Waals surface area (Å²) in [6.45, 7) is 8.74. The van der Waals surface area contributed by atoms with E-state index >= 15 is 0 Å². The van der Waals surface area contributed by atoms with E-state index < -0.39 is 11.7 Å². The summed E-state index contributed by atoms with van der Waals surface area (Å²) in [4.78, 5) is 23.3. The summed E-state index contributed by atoms with van der Waals surface area (Å²) in [6.07, 6.45) is 8.53. The fraction of sp³-hybridized carbons (Fsp3) is 0.0921. The molecule has 0 atom stereocenters. The molecule has 0 aliphatic carbocycles. The highest BCUT2D eigenvalue weighted by Gasteiger charge is 2.31. The highest BCUT2D eigenvalue weighted by atomic mass is 19.4. The van der Waals surface area contributed by atoms with E-state index in [-0.39, 0.29) is 17.3 Å². The summed E-state index contributed by atoms with van der Waals surface area (Å²) >= 11 is 0. The number of rotatable bonds is 15. The largest absolute Gasteiger partial charge is 0.416 e. The number of allylic oxidation sites excluding steroid dienone is 2. The number of carbonyl (C=O) groups is 2. The van der Waals surface area contributed by atoms with E-state index in [1.165, 1.54) is 23.4 Å². The van der Waals surface area contributed by atoms with Gasteiger partial charge in [0.2, 0.25) is 0 Å². The lowest BCUT2D eigenvalue weighted by Gasteiger charge is -2.10. The van der Waals surface area contributed by atoms with Crippen LogP contribution in [0.15, 0.2) is 310 Å². The third-order valence-electron chi connectivity index (χ3n) is 13.3. The molecule has 89 heavy (non-hydrogen) atoms. The van der Waals surface area contributed by atoms with Crippen molar-refractivity contribution >= 4 is 17.3 Å². The van der Waals surface area contributed by atoms with Gasteiger partial charge in [-0.1, -0.05) is 201 Å². The number of halogens is 3. The molecule has 446 valence electrons. The third kappa shape index (κ3) is 20.2. The zero-order chi connectivity index (χ0) is 62.6. The first-order valence-corrected chi connectivity index (χ1v) is 29.0. The fourth-order valence-electron chi connectivity index (χ4n) is 8.82. The standard InChI is InChI=1S/C17H14F3NO.2C16H14N2.C15H12N2.C12H15NO/c1-12-9-14(17(18,19)20)11-15(10-12)21-8-7-16(22)13-5-3-2-4-6-13;2*1-13-6-5-9-15(12-13)18-11-10-16(17-18)14-7-3-2-4-8-14;1-3-7-13(8-4-1)15-11-12-17(16-15)14-9-5-2-6-10-14;1-2-9-13-10-8-12(14)11-6-4-3-5-7-11/h2-11,21H,1H3;2*2-12H,1H3;1-12H;3-8,10,13H,2,9H2,1H3/b8-7-;;;;10-8-. The number of aromatic nitrogens is 6. The van der Waals surface area contributed by atoms with Gasteiger partial charge >= 0.3 is 6.18 Å². The molecule has 3 aromatic heterocycles. The van der Waals surface area contributed by atoms with Gasteiger partial charge in [-0.2, -0.15) is 28.5 Å². The zero-order valence-corrected chi connectivity index (χ0v) is 50.0. The molecular weight excluding hydrogens is 1110 g/mol. The Balaban J connectivity index is 0.000000145. The molecule has 0 radical (unpaired) electrons. The van der Waals surface area contributed by atoms with E-state index in [1.807, 2.05) is 166 Å². The van der Waals surface area contributed by atoms with E-state index in [1.54, 1.807) is 55.6 Å². The average Bonchev–Trinajstić information content (AvgIpc) is 4.51. The summed E-state index contributed by atoms with van der Waals surface area (Å²) in [6, 6.07) is 85.0. The van der Waals surface area contributed by atoms with Crippen molar-refractivity contribution in [2.24, 2.45) is 0 Å². The van der Waals surface area contributed by atoms with Gasteiger partial charge in [0.25, 0.3) is 0 Å². The Morgan fingerprint density at radius 2 is 0.787 bits per heavy atom. The Labute approximate surface area is 518 Å². The number of alkyl halides is 3. The first kappa shape index (κ1) is 63.8. The van der Waals surface area contributed by atoms with Gasteiger partial charge in [0.05, 0.1) is 39.7 Å². The predicted octanol–water partition coefficient (Wildman–Crippen LogP) is 18.4. The van der Waals surface area contributed by atoms with Crippen LogP contribution in [-0.2, 0) is 6.18 Å². The van der Waals surface area contributed by atoms with Gasteiger partial charge in [-0.3, -0.25) is 9.59 Å². The topological polar surface area (TPSA) is 112 Å². The average molecular weight is 1180 g/mol. The Kier molecular flexibility index (Phi) is 23.6. The van der Waals surface area contributed by atoms with Crippen LogP contribution in [0.5, 0.6) is 0 Å². The molecule has 12 aromatic rings. The van der Waals surface area contributed by atoms with Crippen LogP contribution in [0, 0.1) is 20.8 Å². The van der Waals surface area contributed by atoms with E-state index in [4.69, 9.17) is 0 Å². The minimum Gasteiger partial charge on any atom is -0.391 e. The molecule has 0 bridgehead atoms. The molecule has 10 nitrogen and oxygen atoms in total. The molecule has 9 aromatic carbocycles. The number of aryl methyl sites for hydroxylation is 3. The van der Waals surface area contributed by atoms with Gasteiger partial charge in [-0.05, 0) is 117 Å². The van der Waals surface area contributed by atoms with Crippen LogP contribution in [0.4, 0.5) is 18.9 Å². The minimum absolute atomic E-state index is 0.0363. The molecule has 13 heteroatoms. The van der Waals surface area contributed by atoms with E-state index in [9.17, 15) is 22.8 Å². The Bertz CT molecular complexity index is 3970. The number of hydrogen-bond donors (Lipinski definition) is 2. The van der Waals surface area contributed by atoms with Crippen molar-refractivity contribution in [2.75, 3.05) is 11.9 Å². The predicted molar refractivity (Wildman–Crippen MR) is 354 cm³/mol. The lowest BCUT2D eigenvalue weighted by Crippen LogP contribution is -2.06. The number of nitrogens with one attached hydrogen (secondary N) is 2. The van der Waals surface area contributed by atoms with E-state index in [2.05, 4.69) is 132 Å². The molecule has 0 spiro atoms. The van der Waals surface area contributed by atoms with Crippen LogP contribution < -0.4 is 10.6 Å². The summed E-state index contributed by atoms with van der Waals surface area (Å²) < 4.78 is 43.9. The second-order valence-corrected chi connectivity index (χ2v) is 20.4. The summed E-state index contributed by atoms with van der Waals surface area (Å²) in [7, 11) is 0. The normalized spacial score (nSPS) is 10.7. The zero-order valence-electron chi connectivity index (χ0n) is 50.0. The van der Waals surface area contributed by atoms with Gasteiger partial charge in [-0.15, -0.1) is 0 Å². The van der Waals surface area contributed by atoms with E-state index in [0.29, 0.717) is 11.1 Å². The number of para-hydroxylation sites is 1. The molecule has 0 aliphatic rings. The molecule has 2 N–H and O–H groups in total. The first-order valence-electron chi connectivity index (χ1n) is 29.0. The minimum atomic E-state index is -4.40. The summed E-state index contributed by atoms with van der Waals surface area (Å²) in [5.74, 6) is -0.189. The molecule has 12 rings (SSSR count). The maximum Gasteiger partial charge on any atom is 0.416 e. The quantitative estimate of drug-likeness (QED) is 0.0597. The third-order valence-corrected chi connectivity index (χ3v) is 13.3. The van der Waals surface area contributed by atoms with Crippen molar-refractivity contribution in [3.05, 3.63) is 343 Å². The summed E-state index contributed by atoms with van der Waals surface area (Å²) in [5.41, 5.74) is 13.4. The number of hydrogen-bond acceptors (Lipinski definition) is 7. The van der Waals surface area contributed by atoms with Crippen LogP contribution in [-0.4, -0.2) is 47.5 Å². The van der Waals surface area contributed by atoms with Gasteiger partial charge in [0.1, 0.15) is 0 Å². The number of ketones is 2. The fourth-order valence-corrected chi connectivity index (χ4v) is 8.82. The molecule has 0 saturated heterocycles. The lowest BCUT2D eigenvalue weighted by atomic mass is 10.1. The molecule has 0 fully saturated rings. The molecule has 0 aliphatic heterocycles. The summed E-state index contributed by atoms with van der Waals surface area (Å²) in [5, 5.41) is 19.5. The number of carbonyl (C=O) groups excluding carboxylic acids is 2. The van der Waals surface area contributed by atoms with Crippen LogP contribution in [0.3, 0.4) is 0 Å². The monoisotopic (exact) mass is 1180 g/mol. The second kappa shape index (κ2) is 32.9. The van der Waals surface area contributed by atoms with Gasteiger partial charge < -0.3 is 10.6 Å². The smallest absolute Gasteiger partial charge is 0.391 e. The SMILES string of the molecule is CCCN/C=C\C(=O)c1ccccc1.Cc1cc(N/C=C\C(=O)c2ccccc2)cc(C(F)(F)F)c1.Cc1cccc(-n2ccc(-c3ccccc3)n2)c1.Cc1cccc(-n2ccc(-c3ccccc3)n2)c1.c1ccc(-c2ccn(-c3ccccc3)n2)cc1. The first-order chi connectivity index (χ1) is 43.3. The Hall–Kier alpha value is -11.2. The van der Waals surface area contributed by atoms with Gasteiger partial charge in [0.15, 0.2) is 11.6 Å². The highest BCUT2D eigenvalue weighted by Crippen LogP contribution is 2.32. The highest BCUT2D eigenvalue weighted by molar-refractivity contribution is 6.05. The Morgan fingerprint density at radius 1 is 0.416 bits per heavy atom. The molecule has 0 saturated carbocycles. The molecular formula is C76H69F3N8O2. The van der Waals surface area contributed by atoms with Crippen LogP contribution >= 0.6 is 0 Å². The number of nitrogens with zero attached hydrogens (tertiary/aromatic N) is 6. The molecule has 3 heterocycles. The number of benzene rings is 9. The number of anilines is 1. The van der Waals surface area contributed by atoms with Gasteiger partial charge in [-0.25, -0.2) is 14.0 Å².